The van der Waals surface area contributed by atoms with Gasteiger partial charge in [0, 0.05) is 0 Å². The van der Waals surface area contributed by atoms with E-state index in [4.69, 9.17) is 0 Å². The molecule has 0 saturated heterocycles. The van der Waals surface area contributed by atoms with Crippen molar-refractivity contribution in [2.45, 2.75) is 31.5 Å². The summed E-state index contributed by atoms with van der Waals surface area (Å²) in [6.07, 6.45) is 1.83. The van der Waals surface area contributed by atoms with Crippen molar-refractivity contribution in [2.24, 2.45) is 0 Å². The van der Waals surface area contributed by atoms with Crippen LogP contribution >= 0.6 is 15.9 Å². The van der Waals surface area contributed by atoms with E-state index in [1.807, 2.05) is 18.2 Å². The van der Waals surface area contributed by atoms with Crippen LogP contribution in [0.5, 0.6) is 0 Å². The van der Waals surface area contributed by atoms with Gasteiger partial charge in [0.05, 0.1) is 4.83 Å². The number of alkyl halides is 1. The van der Waals surface area contributed by atoms with E-state index in [1.165, 1.54) is 11.1 Å². The maximum Gasteiger partial charge on any atom is 0.194 e. The summed E-state index contributed by atoms with van der Waals surface area (Å²) in [5, 5.41) is 0. The first-order valence-electron chi connectivity index (χ1n) is 6.88. The second kappa shape index (κ2) is 6.65. The molecule has 0 radical (unpaired) electrons. The van der Waals surface area contributed by atoms with Crippen LogP contribution < -0.4 is 0 Å². The molecule has 0 bridgehead atoms. The van der Waals surface area contributed by atoms with E-state index in [0.29, 0.717) is 5.56 Å². The van der Waals surface area contributed by atoms with Gasteiger partial charge in [0.2, 0.25) is 0 Å². The van der Waals surface area contributed by atoms with Gasteiger partial charge in [-0.3, -0.25) is 0 Å². The highest BCUT2D eigenvalue weighted by atomic mass is 79.9. The van der Waals surface area contributed by atoms with Crippen molar-refractivity contribution >= 4 is 15.9 Å². The minimum absolute atomic E-state index is 0.359. The minimum Gasteiger partial charge on any atom is -0.204 e. The van der Waals surface area contributed by atoms with Crippen LogP contribution in [0.1, 0.15) is 40.9 Å². The third-order valence-electron chi connectivity index (χ3n) is 3.58. The molecule has 2 aromatic rings. The molecule has 1 atom stereocenters. The summed E-state index contributed by atoms with van der Waals surface area (Å²) in [6.45, 7) is 4.16. The molecule has 112 valence electrons. The topological polar surface area (TPSA) is 0 Å². The number of hydrogen-bond acceptors (Lipinski definition) is 0. The number of aryl methyl sites for hydroxylation is 2. The third-order valence-corrected chi connectivity index (χ3v) is 4.64. The highest BCUT2D eigenvalue weighted by Crippen LogP contribution is 2.33. The van der Waals surface area contributed by atoms with Crippen molar-refractivity contribution in [1.29, 1.82) is 0 Å². The van der Waals surface area contributed by atoms with E-state index in [2.05, 4.69) is 29.8 Å². The molecule has 1 unspecified atom stereocenters. The molecule has 0 aliphatic rings. The Balaban J connectivity index is 2.42. The molecule has 0 amide bonds. The zero-order valence-electron chi connectivity index (χ0n) is 11.9. The van der Waals surface area contributed by atoms with Gasteiger partial charge in [-0.25, -0.2) is 13.2 Å². The normalized spacial score (nSPS) is 12.5. The van der Waals surface area contributed by atoms with Crippen LogP contribution in [0.2, 0.25) is 0 Å². The van der Waals surface area contributed by atoms with E-state index >= 15 is 0 Å². The maximum absolute atomic E-state index is 13.3. The molecule has 0 nitrogen and oxygen atoms in total. The van der Waals surface area contributed by atoms with Crippen molar-refractivity contribution in [3.8, 4) is 0 Å². The van der Waals surface area contributed by atoms with Crippen molar-refractivity contribution in [3.05, 3.63) is 70.0 Å². The average molecular weight is 357 g/mol. The monoisotopic (exact) mass is 356 g/mol. The number of benzene rings is 2. The summed E-state index contributed by atoms with van der Waals surface area (Å²) in [7, 11) is 0. The Hall–Kier alpha value is -1.29. The molecule has 0 fully saturated rings. The fourth-order valence-electron chi connectivity index (χ4n) is 2.39. The smallest absolute Gasteiger partial charge is 0.194 e. The summed E-state index contributed by atoms with van der Waals surface area (Å²) in [4.78, 5) is -0.377. The van der Waals surface area contributed by atoms with Crippen LogP contribution in [0, 0.1) is 17.5 Å². The van der Waals surface area contributed by atoms with Gasteiger partial charge in [0.15, 0.2) is 17.5 Å². The van der Waals surface area contributed by atoms with E-state index in [-0.39, 0.29) is 4.83 Å². The van der Waals surface area contributed by atoms with E-state index in [9.17, 15) is 13.2 Å². The molecule has 0 N–H and O–H groups in total. The highest BCUT2D eigenvalue weighted by molar-refractivity contribution is 9.09. The third kappa shape index (κ3) is 3.31. The minimum atomic E-state index is -1.44. The van der Waals surface area contributed by atoms with Crippen LogP contribution in [0.15, 0.2) is 30.3 Å². The van der Waals surface area contributed by atoms with Crippen molar-refractivity contribution in [3.63, 3.8) is 0 Å². The lowest BCUT2D eigenvalue weighted by atomic mass is 9.96. The molecule has 0 heterocycles. The first-order valence-corrected chi connectivity index (χ1v) is 7.79. The zero-order chi connectivity index (χ0) is 15.6. The van der Waals surface area contributed by atoms with Crippen molar-refractivity contribution in [1.82, 2.24) is 0 Å². The van der Waals surface area contributed by atoms with Gasteiger partial charge in [-0.2, -0.15) is 0 Å². The fourth-order valence-corrected chi connectivity index (χ4v) is 2.94. The lowest BCUT2D eigenvalue weighted by Crippen LogP contribution is -2.00. The van der Waals surface area contributed by atoms with Gasteiger partial charge in [-0.1, -0.05) is 48.0 Å². The number of halogens is 4. The Morgan fingerprint density at radius 2 is 1.43 bits per heavy atom. The molecule has 4 heteroatoms. The first kappa shape index (κ1) is 16.1. The van der Waals surface area contributed by atoms with Gasteiger partial charge in [-0.05, 0) is 47.2 Å². The average Bonchev–Trinajstić information content (AvgIpc) is 2.50. The zero-order valence-corrected chi connectivity index (χ0v) is 13.5. The summed E-state index contributed by atoms with van der Waals surface area (Å²) in [6, 6.07) is 8.03. The maximum atomic E-state index is 13.3. The molecule has 0 spiro atoms. The van der Waals surface area contributed by atoms with Gasteiger partial charge < -0.3 is 0 Å². The predicted molar refractivity (Wildman–Crippen MR) is 82.3 cm³/mol. The van der Waals surface area contributed by atoms with Crippen molar-refractivity contribution < 1.29 is 13.2 Å². The van der Waals surface area contributed by atoms with Crippen LogP contribution in [0.25, 0.3) is 0 Å². The molecule has 0 aliphatic carbocycles. The fraction of sp³-hybridized carbons (Fsp3) is 0.294. The lowest BCUT2D eigenvalue weighted by molar-refractivity contribution is 0.445. The Morgan fingerprint density at radius 3 is 1.95 bits per heavy atom. The van der Waals surface area contributed by atoms with Crippen molar-refractivity contribution in [2.75, 3.05) is 0 Å². The van der Waals surface area contributed by atoms with Gasteiger partial charge >= 0.3 is 0 Å². The number of rotatable bonds is 4. The molecular formula is C17H16BrF3. The molecule has 2 rings (SSSR count). The Kier molecular flexibility index (Phi) is 5.09. The quantitative estimate of drug-likeness (QED) is 0.485. The molecule has 21 heavy (non-hydrogen) atoms. The molecular weight excluding hydrogens is 341 g/mol. The van der Waals surface area contributed by atoms with Crippen LogP contribution in [-0.2, 0) is 12.8 Å². The predicted octanol–water partition coefficient (Wildman–Crippen LogP) is 5.71. The Morgan fingerprint density at radius 1 is 0.857 bits per heavy atom. The lowest BCUT2D eigenvalue weighted by Gasteiger charge is -2.15. The van der Waals surface area contributed by atoms with E-state index in [0.717, 1.165) is 30.5 Å². The molecule has 0 aliphatic heterocycles. The second-order valence-electron chi connectivity index (χ2n) is 4.90. The number of hydrogen-bond donors (Lipinski definition) is 0. The Bertz CT molecular complexity index is 629. The van der Waals surface area contributed by atoms with E-state index < -0.39 is 17.5 Å². The summed E-state index contributed by atoms with van der Waals surface area (Å²) < 4.78 is 39.7. The molecule has 0 aromatic heterocycles. The van der Waals surface area contributed by atoms with Crippen LogP contribution in [0.3, 0.4) is 0 Å². The summed E-state index contributed by atoms with van der Waals surface area (Å²) in [5.41, 5.74) is 3.73. The van der Waals surface area contributed by atoms with Crippen LogP contribution in [0.4, 0.5) is 13.2 Å². The van der Waals surface area contributed by atoms with Gasteiger partial charge in [0.1, 0.15) is 0 Å². The van der Waals surface area contributed by atoms with E-state index in [1.54, 1.807) is 0 Å². The summed E-state index contributed by atoms with van der Waals surface area (Å²) >= 11 is 3.44. The largest absolute Gasteiger partial charge is 0.204 e. The molecule has 2 aromatic carbocycles. The first-order chi connectivity index (χ1) is 9.97. The molecule has 0 saturated carbocycles. The summed E-state index contributed by atoms with van der Waals surface area (Å²) in [5.74, 6) is -3.78. The second-order valence-corrected chi connectivity index (χ2v) is 5.81. The highest BCUT2D eigenvalue weighted by Gasteiger charge is 2.17. The standard InChI is InChI=1S/C17H16BrF3/c1-3-10-5-6-12(7-11(10)4-2)16(18)13-8-14(19)17(21)15(20)9-13/h5-9,16H,3-4H2,1-2H3. The van der Waals surface area contributed by atoms with Gasteiger partial charge in [-0.15, -0.1) is 0 Å². The Labute approximate surface area is 131 Å². The SMILES string of the molecule is CCc1ccc(C(Br)c2cc(F)c(F)c(F)c2)cc1CC. The van der Waals surface area contributed by atoms with Crippen LogP contribution in [-0.4, -0.2) is 0 Å². The van der Waals surface area contributed by atoms with Gasteiger partial charge in [0.25, 0.3) is 0 Å².